The lowest BCUT2D eigenvalue weighted by atomic mass is 10.1. The Balaban J connectivity index is 2.09. The van der Waals surface area contributed by atoms with Crippen LogP contribution in [0.15, 0.2) is 36.4 Å². The summed E-state index contributed by atoms with van der Waals surface area (Å²) < 4.78 is 9.96. The lowest BCUT2D eigenvalue weighted by molar-refractivity contribution is -0.143. The number of ether oxygens (including phenoxy) is 2. The van der Waals surface area contributed by atoms with Crippen LogP contribution in [0.5, 0.6) is 5.75 Å². The van der Waals surface area contributed by atoms with E-state index in [1.165, 1.54) is 14.2 Å². The number of carbonyl (C=O) groups is 2. The van der Waals surface area contributed by atoms with Gasteiger partial charge in [-0.15, -0.1) is 0 Å². The van der Waals surface area contributed by atoms with Crippen molar-refractivity contribution < 1.29 is 19.1 Å². The van der Waals surface area contributed by atoms with Crippen LogP contribution in [0.2, 0.25) is 5.02 Å². The molecule has 0 aromatic heterocycles. The van der Waals surface area contributed by atoms with Gasteiger partial charge in [-0.05, 0) is 54.8 Å². The van der Waals surface area contributed by atoms with E-state index >= 15 is 0 Å². The van der Waals surface area contributed by atoms with Gasteiger partial charge in [0.2, 0.25) is 5.91 Å². The van der Waals surface area contributed by atoms with Crippen molar-refractivity contribution >= 4 is 29.2 Å². The van der Waals surface area contributed by atoms with E-state index in [9.17, 15) is 9.59 Å². The Morgan fingerprint density at radius 2 is 1.74 bits per heavy atom. The number of hydrogen-bond acceptors (Lipinski definition) is 5. The second-order valence-electron chi connectivity index (χ2n) is 6.16. The maximum Gasteiger partial charge on any atom is 0.327 e. The zero-order valence-corrected chi connectivity index (χ0v) is 16.5. The zero-order chi connectivity index (χ0) is 20.0. The summed E-state index contributed by atoms with van der Waals surface area (Å²) in [6, 6.07) is 9.92. The van der Waals surface area contributed by atoms with Gasteiger partial charge >= 0.3 is 5.97 Å². The summed E-state index contributed by atoms with van der Waals surface area (Å²) in [7, 11) is 2.80. The summed E-state index contributed by atoms with van der Waals surface area (Å²) in [4.78, 5) is 24.4. The highest BCUT2D eigenvalue weighted by Gasteiger charge is 2.23. The molecule has 7 heteroatoms. The van der Waals surface area contributed by atoms with Crippen molar-refractivity contribution in [2.24, 2.45) is 0 Å². The number of amides is 1. The van der Waals surface area contributed by atoms with E-state index in [1.54, 1.807) is 18.2 Å². The molecule has 2 aromatic rings. The first-order chi connectivity index (χ1) is 12.8. The molecule has 2 rings (SSSR count). The molecule has 6 nitrogen and oxygen atoms in total. The number of rotatable bonds is 7. The van der Waals surface area contributed by atoms with Crippen molar-refractivity contribution in [1.29, 1.82) is 0 Å². The largest absolute Gasteiger partial charge is 0.495 e. The van der Waals surface area contributed by atoms with Gasteiger partial charge in [-0.25, -0.2) is 4.79 Å². The summed E-state index contributed by atoms with van der Waals surface area (Å²) in [5, 5.41) is 6.10. The van der Waals surface area contributed by atoms with Crippen LogP contribution in [0.1, 0.15) is 22.7 Å². The Bertz CT molecular complexity index is 818. The molecule has 0 aliphatic heterocycles. The maximum absolute atomic E-state index is 12.3. The second-order valence-corrected chi connectivity index (χ2v) is 6.56. The highest BCUT2D eigenvalue weighted by atomic mass is 35.5. The molecule has 1 amide bonds. The van der Waals surface area contributed by atoms with Crippen LogP contribution >= 0.6 is 11.6 Å². The molecular formula is C20H23ClN2O4. The van der Waals surface area contributed by atoms with Crippen LogP contribution in [0, 0.1) is 13.8 Å². The monoisotopic (exact) mass is 390 g/mol. The van der Waals surface area contributed by atoms with Gasteiger partial charge in [-0.3, -0.25) is 10.1 Å². The summed E-state index contributed by atoms with van der Waals surface area (Å²) in [6.07, 6.45) is 0. The minimum absolute atomic E-state index is 0.0730. The lowest BCUT2D eigenvalue weighted by Crippen LogP contribution is -2.35. The molecule has 0 saturated carbocycles. The smallest absolute Gasteiger partial charge is 0.327 e. The Morgan fingerprint density at radius 3 is 2.30 bits per heavy atom. The van der Waals surface area contributed by atoms with E-state index in [0.717, 1.165) is 11.1 Å². The van der Waals surface area contributed by atoms with Crippen LogP contribution in [0.25, 0.3) is 0 Å². The summed E-state index contributed by atoms with van der Waals surface area (Å²) >= 11 is 6.14. The predicted octanol–water partition coefficient (Wildman–Crippen LogP) is 3.41. The normalized spacial score (nSPS) is 11.6. The van der Waals surface area contributed by atoms with Gasteiger partial charge < -0.3 is 14.8 Å². The van der Waals surface area contributed by atoms with Gasteiger partial charge in [0, 0.05) is 5.69 Å². The summed E-state index contributed by atoms with van der Waals surface area (Å²) in [5.74, 6) is -0.291. The topological polar surface area (TPSA) is 76.7 Å². The van der Waals surface area contributed by atoms with Crippen molar-refractivity contribution in [2.45, 2.75) is 19.9 Å². The van der Waals surface area contributed by atoms with Gasteiger partial charge in [0.05, 0.1) is 25.8 Å². The predicted molar refractivity (Wildman–Crippen MR) is 105 cm³/mol. The zero-order valence-electron chi connectivity index (χ0n) is 15.8. The highest BCUT2D eigenvalue weighted by molar-refractivity contribution is 6.32. The molecule has 2 aromatic carbocycles. The van der Waals surface area contributed by atoms with Gasteiger partial charge in [-0.1, -0.05) is 23.7 Å². The van der Waals surface area contributed by atoms with E-state index in [4.69, 9.17) is 21.1 Å². The number of nitrogens with one attached hydrogen (secondary N) is 2. The van der Waals surface area contributed by atoms with E-state index in [0.29, 0.717) is 22.0 Å². The van der Waals surface area contributed by atoms with Gasteiger partial charge in [0.1, 0.15) is 11.8 Å². The fourth-order valence-corrected chi connectivity index (χ4v) is 3.03. The SMILES string of the molecule is COC(=O)[C@@H](NCC(=O)Nc1cc(C)cc(C)c1)c1ccc(OC)c(Cl)c1. The number of aryl methyl sites for hydroxylation is 2. The molecule has 0 bridgehead atoms. The number of halogens is 1. The first-order valence-electron chi connectivity index (χ1n) is 8.37. The summed E-state index contributed by atoms with van der Waals surface area (Å²) in [5.41, 5.74) is 3.39. The molecule has 0 heterocycles. The fourth-order valence-electron chi connectivity index (χ4n) is 2.76. The van der Waals surface area contributed by atoms with Gasteiger partial charge in [0.25, 0.3) is 0 Å². The van der Waals surface area contributed by atoms with Crippen molar-refractivity contribution in [3.05, 3.63) is 58.1 Å². The molecule has 2 N–H and O–H groups in total. The molecule has 0 fully saturated rings. The average molecular weight is 391 g/mol. The molecule has 144 valence electrons. The summed E-state index contributed by atoms with van der Waals surface area (Å²) in [6.45, 7) is 3.85. The Morgan fingerprint density at radius 1 is 1.07 bits per heavy atom. The third kappa shape index (κ3) is 5.70. The third-order valence-electron chi connectivity index (χ3n) is 3.92. The highest BCUT2D eigenvalue weighted by Crippen LogP contribution is 2.28. The Hall–Kier alpha value is -2.57. The Kier molecular flexibility index (Phi) is 7.21. The van der Waals surface area contributed by atoms with Crippen molar-refractivity contribution in [2.75, 3.05) is 26.1 Å². The molecule has 0 aliphatic rings. The molecule has 27 heavy (non-hydrogen) atoms. The van der Waals surface area contributed by atoms with E-state index in [2.05, 4.69) is 10.6 Å². The third-order valence-corrected chi connectivity index (χ3v) is 4.21. The average Bonchev–Trinajstić information content (AvgIpc) is 2.60. The van der Waals surface area contributed by atoms with Crippen LogP contribution in [-0.2, 0) is 14.3 Å². The molecule has 0 aliphatic carbocycles. The number of methoxy groups -OCH3 is 2. The van der Waals surface area contributed by atoms with Gasteiger partial charge in [0.15, 0.2) is 0 Å². The van der Waals surface area contributed by atoms with E-state index in [1.807, 2.05) is 32.0 Å². The number of carbonyl (C=O) groups excluding carboxylic acids is 2. The number of benzene rings is 2. The van der Waals surface area contributed by atoms with Crippen LogP contribution in [-0.4, -0.2) is 32.6 Å². The first-order valence-corrected chi connectivity index (χ1v) is 8.74. The van der Waals surface area contributed by atoms with E-state index in [-0.39, 0.29) is 12.5 Å². The van der Waals surface area contributed by atoms with E-state index < -0.39 is 12.0 Å². The van der Waals surface area contributed by atoms with Crippen molar-refractivity contribution in [3.63, 3.8) is 0 Å². The van der Waals surface area contributed by atoms with Crippen LogP contribution in [0.3, 0.4) is 0 Å². The van der Waals surface area contributed by atoms with Crippen molar-refractivity contribution in [1.82, 2.24) is 5.32 Å². The fraction of sp³-hybridized carbons (Fsp3) is 0.300. The lowest BCUT2D eigenvalue weighted by Gasteiger charge is -2.18. The molecule has 1 atom stereocenters. The van der Waals surface area contributed by atoms with Crippen molar-refractivity contribution in [3.8, 4) is 5.75 Å². The first kappa shape index (κ1) is 20.7. The number of esters is 1. The Labute approximate surface area is 163 Å². The standard InChI is InChI=1S/C20H23ClN2O4/c1-12-7-13(2)9-15(8-12)23-18(24)11-22-19(20(25)27-4)14-5-6-17(26-3)16(21)10-14/h5-10,19,22H,11H2,1-4H3,(H,23,24)/t19-/m0/s1. The van der Waals surface area contributed by atoms with Crippen LogP contribution < -0.4 is 15.4 Å². The molecule has 0 spiro atoms. The van der Waals surface area contributed by atoms with Crippen LogP contribution in [0.4, 0.5) is 5.69 Å². The minimum Gasteiger partial charge on any atom is -0.495 e. The molecular weight excluding hydrogens is 368 g/mol. The minimum atomic E-state index is -0.830. The number of hydrogen-bond donors (Lipinski definition) is 2. The molecule has 0 saturated heterocycles. The second kappa shape index (κ2) is 9.39. The quantitative estimate of drug-likeness (QED) is 0.708. The molecule has 0 unspecified atom stereocenters. The molecule has 0 radical (unpaired) electrons. The van der Waals surface area contributed by atoms with Gasteiger partial charge in [-0.2, -0.15) is 0 Å². The maximum atomic E-state index is 12.3. The number of anilines is 1.